The van der Waals surface area contributed by atoms with Gasteiger partial charge in [0.05, 0.1) is 6.04 Å². The number of rotatable bonds is 4. The van der Waals surface area contributed by atoms with Crippen LogP contribution < -0.4 is 5.73 Å². The van der Waals surface area contributed by atoms with Crippen LogP contribution >= 0.6 is 0 Å². The summed E-state index contributed by atoms with van der Waals surface area (Å²) >= 11 is 0. The van der Waals surface area contributed by atoms with E-state index in [1.807, 2.05) is 34.9 Å². The average molecular weight is 216 g/mol. The molecular weight excluding hydrogens is 200 g/mol. The summed E-state index contributed by atoms with van der Waals surface area (Å²) in [7, 11) is 0. The molecule has 0 aliphatic heterocycles. The van der Waals surface area contributed by atoms with Crippen LogP contribution in [-0.4, -0.2) is 14.8 Å². The van der Waals surface area contributed by atoms with Gasteiger partial charge in [0.2, 0.25) is 0 Å². The van der Waals surface area contributed by atoms with Gasteiger partial charge in [-0.2, -0.15) is 0 Å². The Labute approximate surface area is 95.1 Å². The van der Waals surface area contributed by atoms with Crippen molar-refractivity contribution in [2.75, 3.05) is 0 Å². The first-order valence-corrected chi connectivity index (χ1v) is 5.54. The van der Waals surface area contributed by atoms with Crippen LogP contribution in [0.15, 0.2) is 36.7 Å². The molecule has 0 aliphatic carbocycles. The second-order valence-corrected chi connectivity index (χ2v) is 3.79. The number of nitrogens with two attached hydrogens (primary N) is 1. The summed E-state index contributed by atoms with van der Waals surface area (Å²) in [4.78, 5) is 0. The number of para-hydroxylation sites is 1. The van der Waals surface area contributed by atoms with E-state index in [1.165, 1.54) is 0 Å². The molecule has 0 spiro atoms. The molecule has 4 nitrogen and oxygen atoms in total. The van der Waals surface area contributed by atoms with Gasteiger partial charge in [-0.1, -0.05) is 31.5 Å². The monoisotopic (exact) mass is 216 g/mol. The highest BCUT2D eigenvalue weighted by Gasteiger charge is 2.13. The van der Waals surface area contributed by atoms with Crippen LogP contribution in [0.4, 0.5) is 0 Å². The summed E-state index contributed by atoms with van der Waals surface area (Å²) in [6, 6.07) is 9.96. The highest BCUT2D eigenvalue weighted by atomic mass is 15.3. The highest BCUT2D eigenvalue weighted by molar-refractivity contribution is 5.32. The lowest BCUT2D eigenvalue weighted by atomic mass is 10.1. The van der Waals surface area contributed by atoms with E-state index in [0.29, 0.717) is 0 Å². The molecule has 84 valence electrons. The van der Waals surface area contributed by atoms with E-state index in [-0.39, 0.29) is 6.04 Å². The van der Waals surface area contributed by atoms with Crippen molar-refractivity contribution in [2.45, 2.75) is 25.8 Å². The number of aromatic nitrogens is 3. The summed E-state index contributed by atoms with van der Waals surface area (Å²) < 4.78 is 1.94. The zero-order valence-electron chi connectivity index (χ0n) is 9.37. The lowest BCUT2D eigenvalue weighted by molar-refractivity contribution is 0.591. The normalized spacial score (nSPS) is 12.6. The maximum atomic E-state index is 6.06. The molecule has 2 rings (SSSR count). The topological polar surface area (TPSA) is 56.7 Å². The molecule has 2 aromatic rings. The Morgan fingerprint density at radius 1 is 1.31 bits per heavy atom. The zero-order chi connectivity index (χ0) is 11.4. The summed E-state index contributed by atoms with van der Waals surface area (Å²) in [5.41, 5.74) is 7.11. The fraction of sp³-hybridized carbons (Fsp3) is 0.333. The second kappa shape index (κ2) is 4.90. The van der Waals surface area contributed by atoms with E-state index in [1.54, 1.807) is 6.33 Å². The molecular formula is C12H16N4. The average Bonchev–Trinajstić information content (AvgIpc) is 2.79. The van der Waals surface area contributed by atoms with Gasteiger partial charge in [0.15, 0.2) is 5.82 Å². The molecule has 16 heavy (non-hydrogen) atoms. The number of benzene rings is 1. The molecule has 0 aliphatic rings. The Balaban J connectivity index is 2.33. The highest BCUT2D eigenvalue weighted by Crippen LogP contribution is 2.16. The van der Waals surface area contributed by atoms with Crippen molar-refractivity contribution < 1.29 is 0 Å². The number of hydrogen-bond acceptors (Lipinski definition) is 3. The van der Waals surface area contributed by atoms with E-state index >= 15 is 0 Å². The van der Waals surface area contributed by atoms with Crippen LogP contribution in [0, 0.1) is 0 Å². The van der Waals surface area contributed by atoms with Crippen molar-refractivity contribution in [1.82, 2.24) is 14.8 Å². The fourth-order valence-electron chi connectivity index (χ4n) is 1.72. The fourth-order valence-corrected chi connectivity index (χ4v) is 1.72. The molecule has 0 radical (unpaired) electrons. The molecule has 0 saturated carbocycles. The predicted octanol–water partition coefficient (Wildman–Crippen LogP) is 2.07. The van der Waals surface area contributed by atoms with Crippen LogP contribution in [0.1, 0.15) is 31.6 Å². The minimum Gasteiger partial charge on any atom is -0.321 e. The number of hydrogen-bond donors (Lipinski definition) is 1. The first-order chi connectivity index (χ1) is 7.83. The molecule has 1 unspecified atom stereocenters. The van der Waals surface area contributed by atoms with Gasteiger partial charge >= 0.3 is 0 Å². The summed E-state index contributed by atoms with van der Waals surface area (Å²) in [5.74, 6) is 0.827. The van der Waals surface area contributed by atoms with Gasteiger partial charge < -0.3 is 5.73 Å². The Morgan fingerprint density at radius 2 is 2.06 bits per heavy atom. The van der Waals surface area contributed by atoms with Gasteiger partial charge in [-0.3, -0.25) is 4.57 Å². The number of nitrogens with zero attached hydrogens (tertiary/aromatic N) is 3. The Hall–Kier alpha value is -1.68. The van der Waals surface area contributed by atoms with Crippen LogP contribution in [-0.2, 0) is 0 Å². The van der Waals surface area contributed by atoms with Crippen LogP contribution in [0.3, 0.4) is 0 Å². The van der Waals surface area contributed by atoms with Gasteiger partial charge in [-0.05, 0) is 18.6 Å². The minimum atomic E-state index is -0.0484. The van der Waals surface area contributed by atoms with E-state index in [9.17, 15) is 0 Å². The van der Waals surface area contributed by atoms with Gasteiger partial charge in [0, 0.05) is 5.69 Å². The molecule has 1 heterocycles. The third-order valence-corrected chi connectivity index (χ3v) is 2.54. The van der Waals surface area contributed by atoms with E-state index in [0.717, 1.165) is 24.4 Å². The smallest absolute Gasteiger partial charge is 0.154 e. The van der Waals surface area contributed by atoms with Crippen molar-refractivity contribution >= 4 is 0 Å². The molecule has 0 bridgehead atoms. The third-order valence-electron chi connectivity index (χ3n) is 2.54. The molecule has 0 fully saturated rings. The van der Waals surface area contributed by atoms with Gasteiger partial charge in [-0.25, -0.2) is 0 Å². The Bertz CT molecular complexity index is 435. The Kier molecular flexibility index (Phi) is 3.31. The summed E-state index contributed by atoms with van der Waals surface area (Å²) in [6.07, 6.45) is 3.68. The molecule has 4 heteroatoms. The largest absolute Gasteiger partial charge is 0.321 e. The lowest BCUT2D eigenvalue weighted by Gasteiger charge is -2.11. The van der Waals surface area contributed by atoms with Crippen molar-refractivity contribution in [3.8, 4) is 5.69 Å². The van der Waals surface area contributed by atoms with E-state index in [4.69, 9.17) is 5.73 Å². The van der Waals surface area contributed by atoms with Crippen LogP contribution in [0.2, 0.25) is 0 Å². The molecule has 1 atom stereocenters. The quantitative estimate of drug-likeness (QED) is 0.851. The van der Waals surface area contributed by atoms with Gasteiger partial charge in [0.1, 0.15) is 6.33 Å². The van der Waals surface area contributed by atoms with Gasteiger partial charge in [0.25, 0.3) is 0 Å². The van der Waals surface area contributed by atoms with Crippen molar-refractivity contribution in [3.63, 3.8) is 0 Å². The standard InChI is InChI=1S/C12H16N4/c1-2-6-11(13)12-15-14-9-16(12)10-7-4-3-5-8-10/h3-5,7-9,11H,2,6,13H2,1H3. The Morgan fingerprint density at radius 3 is 2.75 bits per heavy atom. The molecule has 0 saturated heterocycles. The summed E-state index contributed by atoms with van der Waals surface area (Å²) in [6.45, 7) is 2.11. The lowest BCUT2D eigenvalue weighted by Crippen LogP contribution is -2.15. The molecule has 0 amide bonds. The van der Waals surface area contributed by atoms with Crippen LogP contribution in [0.25, 0.3) is 5.69 Å². The second-order valence-electron chi connectivity index (χ2n) is 3.79. The molecule has 1 aromatic carbocycles. The molecule has 1 aromatic heterocycles. The maximum Gasteiger partial charge on any atom is 0.154 e. The van der Waals surface area contributed by atoms with E-state index < -0.39 is 0 Å². The third kappa shape index (κ3) is 2.12. The van der Waals surface area contributed by atoms with Crippen molar-refractivity contribution in [2.24, 2.45) is 5.73 Å². The first-order valence-electron chi connectivity index (χ1n) is 5.54. The zero-order valence-corrected chi connectivity index (χ0v) is 9.37. The summed E-state index contributed by atoms with van der Waals surface area (Å²) in [5, 5.41) is 8.03. The van der Waals surface area contributed by atoms with Gasteiger partial charge in [-0.15, -0.1) is 10.2 Å². The van der Waals surface area contributed by atoms with Crippen molar-refractivity contribution in [3.05, 3.63) is 42.5 Å². The first kappa shape index (κ1) is 10.8. The van der Waals surface area contributed by atoms with E-state index in [2.05, 4.69) is 17.1 Å². The SMILES string of the molecule is CCCC(N)c1nncn1-c1ccccc1. The molecule has 2 N–H and O–H groups in total. The van der Waals surface area contributed by atoms with Crippen LogP contribution in [0.5, 0.6) is 0 Å². The minimum absolute atomic E-state index is 0.0484. The predicted molar refractivity (Wildman–Crippen MR) is 63.2 cm³/mol. The maximum absolute atomic E-state index is 6.06. The van der Waals surface area contributed by atoms with Crippen molar-refractivity contribution in [1.29, 1.82) is 0 Å².